The van der Waals surface area contributed by atoms with Crippen molar-refractivity contribution in [3.05, 3.63) is 16.8 Å². The largest absolute Gasteiger partial charge is 0.353 e. The Hall–Kier alpha value is -1.25. The van der Waals surface area contributed by atoms with E-state index in [1.54, 1.807) is 6.33 Å². The second-order valence-corrected chi connectivity index (χ2v) is 11.3. The van der Waals surface area contributed by atoms with Crippen LogP contribution in [0.25, 0.3) is 10.2 Å². The van der Waals surface area contributed by atoms with Crippen molar-refractivity contribution in [2.45, 2.75) is 44.6 Å². The van der Waals surface area contributed by atoms with E-state index in [0.29, 0.717) is 11.5 Å². The van der Waals surface area contributed by atoms with Crippen molar-refractivity contribution in [2.24, 2.45) is 0 Å². The summed E-state index contributed by atoms with van der Waals surface area (Å²) in [6.45, 7) is 3.65. The highest BCUT2D eigenvalue weighted by atomic mass is 32.2. The van der Waals surface area contributed by atoms with Crippen LogP contribution < -0.4 is 4.90 Å². The SMILES string of the molecule is O=S1(=O)CC[C@@H](N2CCN(c3ncnc4sc5c(c34)CCCCC5)CC2)C1. The molecule has 146 valence electrons. The van der Waals surface area contributed by atoms with Crippen LogP contribution in [0.1, 0.15) is 36.1 Å². The average molecular weight is 407 g/mol. The quantitative estimate of drug-likeness (QED) is 0.713. The molecule has 0 unspecified atom stereocenters. The highest BCUT2D eigenvalue weighted by molar-refractivity contribution is 7.91. The molecule has 0 amide bonds. The molecule has 5 rings (SSSR count). The van der Waals surface area contributed by atoms with E-state index in [-0.39, 0.29) is 6.04 Å². The Morgan fingerprint density at radius 3 is 2.63 bits per heavy atom. The summed E-state index contributed by atoms with van der Waals surface area (Å²) in [5.41, 5.74) is 1.49. The lowest BCUT2D eigenvalue weighted by atomic mass is 10.1. The fourth-order valence-corrected chi connectivity index (χ4v) is 7.84. The molecule has 2 fully saturated rings. The van der Waals surface area contributed by atoms with E-state index in [1.165, 1.54) is 41.5 Å². The maximum absolute atomic E-state index is 11.8. The van der Waals surface area contributed by atoms with Crippen molar-refractivity contribution in [3.8, 4) is 0 Å². The van der Waals surface area contributed by atoms with Gasteiger partial charge in [-0.25, -0.2) is 18.4 Å². The third-order valence-electron chi connectivity index (χ3n) is 6.32. The average Bonchev–Trinajstić information content (AvgIpc) is 3.12. The topological polar surface area (TPSA) is 66.4 Å². The Bertz CT molecular complexity index is 948. The second kappa shape index (κ2) is 6.97. The maximum Gasteiger partial charge on any atom is 0.151 e. The number of sulfone groups is 1. The van der Waals surface area contributed by atoms with Crippen LogP contribution in [0.2, 0.25) is 0 Å². The molecule has 1 atom stereocenters. The number of nitrogens with zero attached hydrogens (tertiary/aromatic N) is 4. The van der Waals surface area contributed by atoms with Crippen molar-refractivity contribution in [1.82, 2.24) is 14.9 Å². The van der Waals surface area contributed by atoms with Gasteiger partial charge < -0.3 is 4.90 Å². The van der Waals surface area contributed by atoms with Crippen LogP contribution in [0.4, 0.5) is 5.82 Å². The number of hydrogen-bond acceptors (Lipinski definition) is 7. The first-order chi connectivity index (χ1) is 13.1. The molecule has 2 aromatic heterocycles. The van der Waals surface area contributed by atoms with E-state index < -0.39 is 9.84 Å². The maximum atomic E-state index is 11.8. The summed E-state index contributed by atoms with van der Waals surface area (Å²) in [5.74, 6) is 1.78. The summed E-state index contributed by atoms with van der Waals surface area (Å²) in [4.78, 5) is 16.7. The fourth-order valence-electron chi connectivity index (χ4n) is 4.85. The molecule has 0 N–H and O–H groups in total. The van der Waals surface area contributed by atoms with Gasteiger partial charge in [-0.05, 0) is 37.7 Å². The van der Waals surface area contributed by atoms with Gasteiger partial charge in [0.05, 0.1) is 16.9 Å². The van der Waals surface area contributed by atoms with E-state index in [2.05, 4.69) is 14.8 Å². The van der Waals surface area contributed by atoms with Gasteiger partial charge in [-0.15, -0.1) is 11.3 Å². The lowest BCUT2D eigenvalue weighted by Crippen LogP contribution is -2.51. The normalized spacial score (nSPS) is 26.2. The van der Waals surface area contributed by atoms with E-state index in [4.69, 9.17) is 4.98 Å². The van der Waals surface area contributed by atoms with Gasteiger partial charge in [0, 0.05) is 37.1 Å². The molecule has 2 aromatic rings. The number of piperazine rings is 1. The monoisotopic (exact) mass is 406 g/mol. The zero-order chi connectivity index (χ0) is 18.4. The molecular formula is C19H26N4O2S2. The minimum Gasteiger partial charge on any atom is -0.353 e. The summed E-state index contributed by atoms with van der Waals surface area (Å²) < 4.78 is 23.6. The molecule has 0 spiro atoms. The van der Waals surface area contributed by atoms with Gasteiger partial charge >= 0.3 is 0 Å². The molecule has 0 aromatic carbocycles. The number of fused-ring (bicyclic) bond motifs is 3. The summed E-state index contributed by atoms with van der Waals surface area (Å²) in [6, 6.07) is 0.208. The molecule has 6 nitrogen and oxygen atoms in total. The molecule has 3 aliphatic rings. The number of thiophene rings is 1. The van der Waals surface area contributed by atoms with Gasteiger partial charge in [0.2, 0.25) is 0 Å². The van der Waals surface area contributed by atoms with Crippen molar-refractivity contribution >= 4 is 37.2 Å². The van der Waals surface area contributed by atoms with Gasteiger partial charge in [-0.3, -0.25) is 4.90 Å². The van der Waals surface area contributed by atoms with Crippen LogP contribution in [0.5, 0.6) is 0 Å². The van der Waals surface area contributed by atoms with Crippen molar-refractivity contribution in [3.63, 3.8) is 0 Å². The van der Waals surface area contributed by atoms with Crippen LogP contribution in [-0.2, 0) is 22.7 Å². The van der Waals surface area contributed by atoms with E-state index in [0.717, 1.165) is 49.7 Å². The number of anilines is 1. The molecule has 27 heavy (non-hydrogen) atoms. The molecular weight excluding hydrogens is 380 g/mol. The smallest absolute Gasteiger partial charge is 0.151 e. The van der Waals surface area contributed by atoms with Crippen molar-refractivity contribution < 1.29 is 8.42 Å². The molecule has 0 saturated carbocycles. The standard InChI is InChI=1S/C19H26N4O2S2/c24-27(25)11-6-14(12-27)22-7-9-23(10-8-22)18-17-15-4-2-1-3-5-16(15)26-19(17)21-13-20-18/h13-14H,1-12H2/t14-/m1/s1. The van der Waals surface area contributed by atoms with Crippen LogP contribution in [0.15, 0.2) is 6.33 Å². The minimum atomic E-state index is -2.82. The highest BCUT2D eigenvalue weighted by Gasteiger charge is 2.34. The Kier molecular flexibility index (Phi) is 4.60. The molecule has 0 bridgehead atoms. The van der Waals surface area contributed by atoms with Gasteiger partial charge in [0.1, 0.15) is 17.0 Å². The van der Waals surface area contributed by atoms with Gasteiger partial charge in [-0.2, -0.15) is 0 Å². The van der Waals surface area contributed by atoms with E-state index >= 15 is 0 Å². The summed E-state index contributed by atoms with van der Waals surface area (Å²) in [5, 5.41) is 1.29. The Labute approximate surface area is 164 Å². The summed E-state index contributed by atoms with van der Waals surface area (Å²) in [7, 11) is -2.82. The van der Waals surface area contributed by atoms with Crippen LogP contribution in [0, 0.1) is 0 Å². The van der Waals surface area contributed by atoms with Crippen LogP contribution >= 0.6 is 11.3 Å². The number of hydrogen-bond donors (Lipinski definition) is 0. The molecule has 2 saturated heterocycles. The number of aromatic nitrogens is 2. The van der Waals surface area contributed by atoms with E-state index in [1.807, 2.05) is 11.3 Å². The Balaban J connectivity index is 1.38. The molecule has 4 heterocycles. The Morgan fingerprint density at radius 1 is 1.04 bits per heavy atom. The highest BCUT2D eigenvalue weighted by Crippen LogP contribution is 2.39. The predicted octanol–water partition coefficient (Wildman–Crippen LogP) is 2.27. The number of rotatable bonds is 2. The lowest BCUT2D eigenvalue weighted by Gasteiger charge is -2.38. The first-order valence-corrected chi connectivity index (χ1v) is 12.7. The zero-order valence-corrected chi connectivity index (χ0v) is 17.2. The first kappa shape index (κ1) is 17.8. The van der Waals surface area contributed by atoms with E-state index in [9.17, 15) is 8.42 Å². The molecule has 8 heteroatoms. The van der Waals surface area contributed by atoms with Crippen LogP contribution in [0.3, 0.4) is 0 Å². The first-order valence-electron chi connectivity index (χ1n) is 10.1. The molecule has 2 aliphatic heterocycles. The molecule has 0 radical (unpaired) electrons. The lowest BCUT2D eigenvalue weighted by molar-refractivity contribution is 0.200. The van der Waals surface area contributed by atoms with Crippen LogP contribution in [-0.4, -0.2) is 67.0 Å². The third-order valence-corrected chi connectivity index (χ3v) is 9.27. The summed E-state index contributed by atoms with van der Waals surface area (Å²) >= 11 is 1.86. The number of aryl methyl sites for hydroxylation is 2. The summed E-state index contributed by atoms with van der Waals surface area (Å²) in [6.07, 6.45) is 8.69. The van der Waals surface area contributed by atoms with Gasteiger partial charge in [0.25, 0.3) is 0 Å². The predicted molar refractivity (Wildman–Crippen MR) is 110 cm³/mol. The van der Waals surface area contributed by atoms with Gasteiger partial charge in [-0.1, -0.05) is 6.42 Å². The third kappa shape index (κ3) is 3.36. The van der Waals surface area contributed by atoms with Crippen molar-refractivity contribution in [1.29, 1.82) is 0 Å². The molecule has 1 aliphatic carbocycles. The fraction of sp³-hybridized carbons (Fsp3) is 0.684. The zero-order valence-electron chi connectivity index (χ0n) is 15.6. The second-order valence-electron chi connectivity index (χ2n) is 8.02. The van der Waals surface area contributed by atoms with Crippen molar-refractivity contribution in [2.75, 3.05) is 42.6 Å². The Morgan fingerprint density at radius 2 is 1.85 bits per heavy atom. The van der Waals surface area contributed by atoms with Gasteiger partial charge in [0.15, 0.2) is 9.84 Å². The minimum absolute atomic E-state index is 0.208.